The normalized spacial score (nSPS) is 12.1. The molecule has 0 aliphatic heterocycles. The Morgan fingerprint density at radius 1 is 1.07 bits per heavy atom. The van der Waals surface area contributed by atoms with Gasteiger partial charge in [-0.2, -0.15) is 0 Å². The van der Waals surface area contributed by atoms with Crippen LogP contribution in [0.15, 0.2) is 61.2 Å². The number of pyridine rings is 2. The number of nitrogens with one attached hydrogen (secondary N) is 1. The van der Waals surface area contributed by atoms with E-state index in [1.807, 2.05) is 50.2 Å². The van der Waals surface area contributed by atoms with Crippen LogP contribution in [0.4, 0.5) is 0 Å². The Morgan fingerprint density at radius 3 is 2.74 bits per heavy atom. The minimum Gasteiger partial charge on any atom is -0.344 e. The largest absolute Gasteiger partial charge is 0.344 e. The molecule has 0 bridgehead atoms. The number of carbonyl (C=O) groups excluding carboxylic acids is 1. The van der Waals surface area contributed by atoms with E-state index in [-0.39, 0.29) is 11.9 Å². The molecule has 7 heteroatoms. The van der Waals surface area contributed by atoms with Gasteiger partial charge in [0.15, 0.2) is 5.69 Å². The van der Waals surface area contributed by atoms with Gasteiger partial charge in [0.1, 0.15) is 0 Å². The van der Waals surface area contributed by atoms with Crippen LogP contribution < -0.4 is 5.32 Å². The highest BCUT2D eigenvalue weighted by Crippen LogP contribution is 2.22. The molecule has 0 spiro atoms. The summed E-state index contributed by atoms with van der Waals surface area (Å²) in [5.41, 5.74) is 2.77. The molecule has 1 N–H and O–H groups in total. The number of carbonyl (C=O) groups is 1. The lowest BCUT2D eigenvalue weighted by molar-refractivity contribution is 0.0934. The molecule has 3 aromatic heterocycles. The Kier molecular flexibility index (Phi) is 4.33. The van der Waals surface area contributed by atoms with Crippen LogP contribution in [-0.2, 0) is 0 Å². The van der Waals surface area contributed by atoms with Gasteiger partial charge in [0.05, 0.1) is 17.4 Å². The smallest absolute Gasteiger partial charge is 0.274 e. The second kappa shape index (κ2) is 6.95. The summed E-state index contributed by atoms with van der Waals surface area (Å²) < 4.78 is 1.69. The summed E-state index contributed by atoms with van der Waals surface area (Å²) in [6, 6.07) is 11.4. The number of nitrogens with zero attached hydrogens (tertiary/aromatic N) is 5. The fourth-order valence-electron chi connectivity index (χ4n) is 3.04. The van der Waals surface area contributed by atoms with E-state index in [0.717, 1.165) is 22.0 Å². The molecule has 27 heavy (non-hydrogen) atoms. The molecule has 4 rings (SSSR count). The van der Waals surface area contributed by atoms with E-state index in [2.05, 4.69) is 25.6 Å². The molecule has 0 aliphatic carbocycles. The van der Waals surface area contributed by atoms with Crippen molar-refractivity contribution in [1.29, 1.82) is 0 Å². The van der Waals surface area contributed by atoms with Gasteiger partial charge in [0, 0.05) is 35.6 Å². The van der Waals surface area contributed by atoms with Gasteiger partial charge in [0.2, 0.25) is 0 Å². The number of fused-ring (bicyclic) bond motifs is 1. The van der Waals surface area contributed by atoms with E-state index in [1.54, 1.807) is 29.5 Å². The first-order valence-electron chi connectivity index (χ1n) is 8.61. The van der Waals surface area contributed by atoms with Crippen LogP contribution in [0.25, 0.3) is 16.5 Å². The van der Waals surface area contributed by atoms with Crippen molar-refractivity contribution < 1.29 is 4.79 Å². The van der Waals surface area contributed by atoms with E-state index in [9.17, 15) is 4.79 Å². The molecule has 0 radical (unpaired) electrons. The van der Waals surface area contributed by atoms with Gasteiger partial charge in [0.25, 0.3) is 5.91 Å². The third-order valence-corrected chi connectivity index (χ3v) is 4.53. The second-order valence-electron chi connectivity index (χ2n) is 6.29. The molecule has 1 unspecified atom stereocenters. The maximum absolute atomic E-state index is 12.7. The molecule has 0 saturated carbocycles. The molecule has 7 nitrogen and oxygen atoms in total. The minimum atomic E-state index is -0.267. The van der Waals surface area contributed by atoms with E-state index in [0.29, 0.717) is 11.4 Å². The summed E-state index contributed by atoms with van der Waals surface area (Å²) in [6.45, 7) is 3.75. The number of rotatable bonds is 4. The van der Waals surface area contributed by atoms with Gasteiger partial charge in [-0.15, -0.1) is 5.10 Å². The van der Waals surface area contributed by atoms with Crippen LogP contribution in [0.2, 0.25) is 0 Å². The summed E-state index contributed by atoms with van der Waals surface area (Å²) in [5, 5.41) is 13.3. The van der Waals surface area contributed by atoms with Crippen molar-refractivity contribution >= 4 is 16.7 Å². The van der Waals surface area contributed by atoms with E-state index in [1.165, 1.54) is 0 Å². The number of aromatic nitrogens is 5. The molecule has 4 aromatic rings. The van der Waals surface area contributed by atoms with Crippen LogP contribution in [0, 0.1) is 6.92 Å². The van der Waals surface area contributed by atoms with Gasteiger partial charge < -0.3 is 5.32 Å². The molecule has 1 amide bonds. The van der Waals surface area contributed by atoms with Gasteiger partial charge in [-0.3, -0.25) is 14.8 Å². The van der Waals surface area contributed by atoms with Gasteiger partial charge >= 0.3 is 0 Å². The first-order valence-corrected chi connectivity index (χ1v) is 8.61. The number of benzene rings is 1. The number of hydrogen-bond donors (Lipinski definition) is 1. The maximum atomic E-state index is 12.7. The van der Waals surface area contributed by atoms with E-state index >= 15 is 0 Å². The molecular formula is C20H18N6O. The van der Waals surface area contributed by atoms with Gasteiger partial charge in [-0.25, -0.2) is 4.68 Å². The first kappa shape index (κ1) is 16.8. The fraction of sp³-hybridized carbons (Fsp3) is 0.150. The Bertz CT molecular complexity index is 1100. The predicted octanol–water partition coefficient (Wildman–Crippen LogP) is 3.01. The van der Waals surface area contributed by atoms with Crippen molar-refractivity contribution in [2.24, 2.45) is 0 Å². The molecule has 134 valence electrons. The highest BCUT2D eigenvalue weighted by atomic mass is 16.2. The van der Waals surface area contributed by atoms with Gasteiger partial charge in [-0.1, -0.05) is 23.4 Å². The maximum Gasteiger partial charge on any atom is 0.274 e. The molecule has 3 heterocycles. The van der Waals surface area contributed by atoms with Crippen LogP contribution >= 0.6 is 0 Å². The van der Waals surface area contributed by atoms with E-state index < -0.39 is 0 Å². The summed E-state index contributed by atoms with van der Waals surface area (Å²) in [4.78, 5) is 20.9. The lowest BCUT2D eigenvalue weighted by atomic mass is 10.1. The topological polar surface area (TPSA) is 85.6 Å². The van der Waals surface area contributed by atoms with Crippen molar-refractivity contribution in [2.45, 2.75) is 19.9 Å². The lowest BCUT2D eigenvalue weighted by Crippen LogP contribution is -2.27. The average Bonchev–Trinajstić information content (AvgIpc) is 3.09. The monoisotopic (exact) mass is 358 g/mol. The first-order chi connectivity index (χ1) is 13.1. The molecule has 0 saturated heterocycles. The highest BCUT2D eigenvalue weighted by Gasteiger charge is 2.20. The molecular weight excluding hydrogens is 340 g/mol. The SMILES string of the molecule is Cc1c(C(=O)NC(C)c2cccnc2)nnn1-c1cccc2cnccc12. The summed E-state index contributed by atoms with van der Waals surface area (Å²) in [6.07, 6.45) is 6.97. The fourth-order valence-corrected chi connectivity index (χ4v) is 3.04. The third kappa shape index (κ3) is 3.15. The summed E-state index contributed by atoms with van der Waals surface area (Å²) in [5.74, 6) is -0.267. The van der Waals surface area contributed by atoms with Crippen LogP contribution in [0.5, 0.6) is 0 Å². The number of amides is 1. The molecule has 0 aliphatic rings. The van der Waals surface area contributed by atoms with Crippen molar-refractivity contribution in [1.82, 2.24) is 30.3 Å². The van der Waals surface area contributed by atoms with Crippen LogP contribution in [0.1, 0.15) is 34.7 Å². The minimum absolute atomic E-state index is 0.181. The zero-order valence-corrected chi connectivity index (χ0v) is 15.0. The van der Waals surface area contributed by atoms with E-state index in [4.69, 9.17) is 0 Å². The zero-order valence-electron chi connectivity index (χ0n) is 15.0. The molecule has 1 atom stereocenters. The highest BCUT2D eigenvalue weighted by molar-refractivity contribution is 5.94. The summed E-state index contributed by atoms with van der Waals surface area (Å²) in [7, 11) is 0. The molecule has 0 fully saturated rings. The molecule has 1 aromatic carbocycles. The Hall–Kier alpha value is -3.61. The zero-order chi connectivity index (χ0) is 18.8. The van der Waals surface area contributed by atoms with Crippen molar-refractivity contribution in [2.75, 3.05) is 0 Å². The Morgan fingerprint density at radius 2 is 1.93 bits per heavy atom. The Balaban J connectivity index is 1.65. The second-order valence-corrected chi connectivity index (χ2v) is 6.29. The van der Waals surface area contributed by atoms with Crippen LogP contribution in [0.3, 0.4) is 0 Å². The predicted molar refractivity (Wildman–Crippen MR) is 102 cm³/mol. The third-order valence-electron chi connectivity index (χ3n) is 4.53. The van der Waals surface area contributed by atoms with Crippen molar-refractivity contribution in [3.63, 3.8) is 0 Å². The van der Waals surface area contributed by atoms with Crippen molar-refractivity contribution in [3.05, 3.63) is 78.1 Å². The lowest BCUT2D eigenvalue weighted by Gasteiger charge is -2.13. The standard InChI is InChI=1S/C20H18N6O/c1-13(15-6-4-9-21-11-15)23-20(27)19-14(2)26(25-24-19)18-7-3-5-16-12-22-10-8-17(16)18/h3-13H,1-2H3,(H,23,27). The number of hydrogen-bond acceptors (Lipinski definition) is 5. The Labute approximate surface area is 156 Å². The van der Waals surface area contributed by atoms with Crippen LogP contribution in [-0.4, -0.2) is 30.9 Å². The quantitative estimate of drug-likeness (QED) is 0.606. The average molecular weight is 358 g/mol. The van der Waals surface area contributed by atoms with Gasteiger partial charge in [-0.05, 0) is 37.6 Å². The summed E-state index contributed by atoms with van der Waals surface area (Å²) >= 11 is 0. The van der Waals surface area contributed by atoms with Crippen molar-refractivity contribution in [3.8, 4) is 5.69 Å².